The first kappa shape index (κ1) is 30.9. The Hall–Kier alpha value is -4.14. The molecule has 1 unspecified atom stereocenters. The Kier molecular flexibility index (Phi) is 9.24. The summed E-state index contributed by atoms with van der Waals surface area (Å²) in [4.78, 5) is 21.6. The van der Waals surface area contributed by atoms with Gasteiger partial charge in [-0.3, -0.25) is 0 Å². The second-order valence-electron chi connectivity index (χ2n) is 10.8. The number of fused-ring (bicyclic) bond motifs is 2. The normalized spacial score (nSPS) is 17.1. The van der Waals surface area contributed by atoms with Crippen LogP contribution in [0.4, 0.5) is 0 Å². The Bertz CT molecular complexity index is 1840. The van der Waals surface area contributed by atoms with Crippen molar-refractivity contribution in [2.24, 2.45) is 4.99 Å². The molecule has 0 N–H and O–H groups in total. The summed E-state index contributed by atoms with van der Waals surface area (Å²) < 4.78 is 19.6. The van der Waals surface area contributed by atoms with Crippen LogP contribution in [0.25, 0.3) is 17.0 Å². The molecule has 4 aromatic rings. The fourth-order valence-corrected chi connectivity index (χ4v) is 7.21. The van der Waals surface area contributed by atoms with Crippen LogP contribution in [0.3, 0.4) is 0 Å². The Balaban J connectivity index is 1.38. The Morgan fingerprint density at radius 3 is 2.53 bits per heavy atom. The van der Waals surface area contributed by atoms with Crippen LogP contribution in [0.2, 0.25) is 5.02 Å². The molecular weight excluding hydrogens is 606 g/mol. The van der Waals surface area contributed by atoms with Crippen molar-refractivity contribution in [1.29, 1.82) is 0 Å². The number of aliphatic imine (C=N–C) groups is 1. The minimum atomic E-state index is -0.397. The van der Waals surface area contributed by atoms with Crippen LogP contribution in [-0.4, -0.2) is 47.0 Å². The number of para-hydroxylation sites is 1. The third-order valence-electron chi connectivity index (χ3n) is 7.85. The fourth-order valence-electron chi connectivity index (χ4n) is 5.92. The highest BCUT2D eigenvalue weighted by Crippen LogP contribution is 2.46. The number of halogens is 1. The highest BCUT2D eigenvalue weighted by molar-refractivity contribution is 8.17. The molecule has 0 aliphatic carbocycles. The number of aromatic nitrogens is 1. The molecule has 1 aromatic heterocycles. The van der Waals surface area contributed by atoms with E-state index in [1.165, 1.54) is 0 Å². The third kappa shape index (κ3) is 6.22. The standard InChI is InChI=1S/C36H36ClN3O4S/c1-5-42-31-17-16-24(19-32(31)43-6-2)34-33(35(41)44-7-3)23(4)38-36-40(34)22-27(45-36)18-26-21-39(30-15-11-9-13-28(26)30)20-25-12-8-10-14-29(25)37/h8-19,21,34H,5-7,20,22H2,1-4H3. The first-order valence-corrected chi connectivity index (χ1v) is 16.4. The average molecular weight is 642 g/mol. The van der Waals surface area contributed by atoms with Crippen LogP contribution in [0.5, 0.6) is 11.5 Å². The van der Waals surface area contributed by atoms with Gasteiger partial charge in [0.2, 0.25) is 0 Å². The molecule has 7 nitrogen and oxygen atoms in total. The molecule has 3 aromatic carbocycles. The largest absolute Gasteiger partial charge is 0.490 e. The first-order chi connectivity index (χ1) is 21.9. The van der Waals surface area contributed by atoms with Crippen molar-refractivity contribution in [3.8, 4) is 11.5 Å². The monoisotopic (exact) mass is 641 g/mol. The summed E-state index contributed by atoms with van der Waals surface area (Å²) in [5.74, 6) is 0.964. The zero-order valence-electron chi connectivity index (χ0n) is 25.9. The van der Waals surface area contributed by atoms with E-state index >= 15 is 0 Å². The average Bonchev–Trinajstić information content (AvgIpc) is 3.59. The zero-order valence-corrected chi connectivity index (χ0v) is 27.5. The van der Waals surface area contributed by atoms with Crippen molar-refractivity contribution in [2.75, 3.05) is 26.4 Å². The number of esters is 1. The summed E-state index contributed by atoms with van der Waals surface area (Å²) in [6.45, 7) is 10.2. The van der Waals surface area contributed by atoms with Crippen molar-refractivity contribution >= 4 is 51.5 Å². The molecule has 0 radical (unpaired) electrons. The minimum absolute atomic E-state index is 0.282. The number of rotatable bonds is 10. The number of carbonyl (C=O) groups excluding carboxylic acids is 1. The maximum Gasteiger partial charge on any atom is 0.338 e. The lowest BCUT2D eigenvalue weighted by atomic mass is 9.94. The van der Waals surface area contributed by atoms with Crippen molar-refractivity contribution in [3.63, 3.8) is 0 Å². The Morgan fingerprint density at radius 2 is 1.76 bits per heavy atom. The van der Waals surface area contributed by atoms with Gasteiger partial charge in [0.05, 0.1) is 43.7 Å². The van der Waals surface area contributed by atoms with E-state index < -0.39 is 6.04 Å². The third-order valence-corrected chi connectivity index (χ3v) is 9.23. The summed E-state index contributed by atoms with van der Waals surface area (Å²) in [5, 5.41) is 2.77. The summed E-state index contributed by atoms with van der Waals surface area (Å²) in [6, 6.07) is 21.9. The molecule has 1 fully saturated rings. The lowest BCUT2D eigenvalue weighted by molar-refractivity contribution is -0.139. The van der Waals surface area contributed by atoms with E-state index in [1.807, 2.05) is 64.1 Å². The van der Waals surface area contributed by atoms with Gasteiger partial charge in [-0.05, 0) is 69.2 Å². The van der Waals surface area contributed by atoms with Crippen LogP contribution < -0.4 is 9.47 Å². The molecule has 2 aliphatic heterocycles. The zero-order chi connectivity index (χ0) is 31.5. The van der Waals surface area contributed by atoms with Crippen LogP contribution >= 0.6 is 23.4 Å². The molecule has 1 atom stereocenters. The summed E-state index contributed by atoms with van der Waals surface area (Å²) >= 11 is 8.15. The Morgan fingerprint density at radius 1 is 1.00 bits per heavy atom. The maximum atomic E-state index is 13.4. The maximum absolute atomic E-state index is 13.4. The van der Waals surface area contributed by atoms with E-state index in [0.717, 1.165) is 42.7 Å². The number of allylic oxidation sites excluding steroid dienone is 1. The molecule has 9 heteroatoms. The number of ether oxygens (including phenoxy) is 3. The van der Waals surface area contributed by atoms with E-state index in [9.17, 15) is 4.79 Å². The fraction of sp³-hybridized carbons (Fsp3) is 0.278. The molecular formula is C36H36ClN3O4S. The van der Waals surface area contributed by atoms with Gasteiger partial charge in [-0.1, -0.05) is 65.8 Å². The van der Waals surface area contributed by atoms with Gasteiger partial charge < -0.3 is 23.7 Å². The molecule has 0 amide bonds. The van der Waals surface area contributed by atoms with E-state index in [-0.39, 0.29) is 12.6 Å². The predicted octanol–water partition coefficient (Wildman–Crippen LogP) is 8.48. The van der Waals surface area contributed by atoms with Crippen LogP contribution in [0.15, 0.2) is 94.1 Å². The van der Waals surface area contributed by atoms with Gasteiger partial charge in [-0.15, -0.1) is 0 Å². The second kappa shape index (κ2) is 13.5. The van der Waals surface area contributed by atoms with E-state index in [4.69, 9.17) is 30.8 Å². The second-order valence-corrected chi connectivity index (χ2v) is 12.3. The van der Waals surface area contributed by atoms with Crippen molar-refractivity contribution in [3.05, 3.63) is 111 Å². The van der Waals surface area contributed by atoms with Crippen molar-refractivity contribution < 1.29 is 19.0 Å². The quantitative estimate of drug-likeness (QED) is 0.162. The molecule has 45 heavy (non-hydrogen) atoms. The lowest BCUT2D eigenvalue weighted by Gasteiger charge is -2.34. The van der Waals surface area contributed by atoms with Crippen molar-refractivity contribution in [2.45, 2.75) is 40.3 Å². The Labute approximate surface area is 273 Å². The van der Waals surface area contributed by atoms with Crippen LogP contribution in [-0.2, 0) is 16.1 Å². The van der Waals surface area contributed by atoms with Gasteiger partial charge in [0.25, 0.3) is 0 Å². The number of hydrogen-bond acceptors (Lipinski definition) is 7. The molecule has 2 aliphatic rings. The lowest BCUT2D eigenvalue weighted by Crippen LogP contribution is -2.36. The van der Waals surface area contributed by atoms with Gasteiger partial charge >= 0.3 is 5.97 Å². The van der Waals surface area contributed by atoms with Gasteiger partial charge in [0, 0.05) is 39.1 Å². The minimum Gasteiger partial charge on any atom is -0.490 e. The van der Waals surface area contributed by atoms with E-state index in [1.54, 1.807) is 11.8 Å². The SMILES string of the molecule is CCOC(=O)C1=C(C)N=C2SC(=Cc3cn(Cc4ccccc4Cl)c4ccccc34)CN2C1c1ccc(OCC)c(OCC)c1. The number of carbonyl (C=O) groups is 1. The smallest absolute Gasteiger partial charge is 0.338 e. The van der Waals surface area contributed by atoms with E-state index in [0.29, 0.717) is 49.1 Å². The van der Waals surface area contributed by atoms with Gasteiger partial charge in [0.1, 0.15) is 0 Å². The van der Waals surface area contributed by atoms with E-state index in [2.05, 4.69) is 52.1 Å². The summed E-state index contributed by atoms with van der Waals surface area (Å²) in [7, 11) is 0. The molecule has 0 spiro atoms. The predicted molar refractivity (Wildman–Crippen MR) is 183 cm³/mol. The molecule has 6 rings (SSSR count). The van der Waals surface area contributed by atoms with Crippen LogP contribution in [0.1, 0.15) is 50.4 Å². The molecule has 3 heterocycles. The number of hydrogen-bond donors (Lipinski definition) is 0. The molecule has 0 bridgehead atoms. The molecule has 1 saturated heterocycles. The summed E-state index contributed by atoms with van der Waals surface area (Å²) in [5.41, 5.74) is 5.42. The van der Waals surface area contributed by atoms with Crippen LogP contribution in [0, 0.1) is 0 Å². The first-order valence-electron chi connectivity index (χ1n) is 15.2. The number of nitrogens with zero attached hydrogens (tertiary/aromatic N) is 3. The van der Waals surface area contributed by atoms with Gasteiger partial charge in [-0.2, -0.15) is 0 Å². The van der Waals surface area contributed by atoms with Crippen molar-refractivity contribution in [1.82, 2.24) is 9.47 Å². The number of amidine groups is 1. The summed E-state index contributed by atoms with van der Waals surface area (Å²) in [6.07, 6.45) is 4.42. The highest BCUT2D eigenvalue weighted by atomic mass is 35.5. The number of thioether (sulfide) groups is 1. The number of benzene rings is 3. The molecule has 0 saturated carbocycles. The topological polar surface area (TPSA) is 65.3 Å². The molecule has 232 valence electrons. The van der Waals surface area contributed by atoms with Gasteiger partial charge in [-0.25, -0.2) is 9.79 Å². The van der Waals surface area contributed by atoms with Gasteiger partial charge in [0.15, 0.2) is 16.7 Å². The highest BCUT2D eigenvalue weighted by Gasteiger charge is 2.41.